The number of aromatic nitrogens is 4. The Morgan fingerprint density at radius 2 is 2.00 bits per heavy atom. The van der Waals surface area contributed by atoms with Crippen molar-refractivity contribution < 1.29 is 18.7 Å². The second kappa shape index (κ2) is 10.3. The Morgan fingerprint density at radius 3 is 2.77 bits per heavy atom. The number of amides is 1. The van der Waals surface area contributed by atoms with Crippen molar-refractivity contribution in [1.29, 1.82) is 0 Å². The molecule has 0 aliphatic heterocycles. The van der Waals surface area contributed by atoms with Gasteiger partial charge in [-0.05, 0) is 42.5 Å². The lowest BCUT2D eigenvalue weighted by Crippen LogP contribution is -2.43. The van der Waals surface area contributed by atoms with Crippen LogP contribution in [0.4, 0.5) is 0 Å². The average molecular weight is 528 g/mol. The lowest BCUT2D eigenvalue weighted by molar-refractivity contribution is -0.142. The van der Waals surface area contributed by atoms with Crippen molar-refractivity contribution in [3.63, 3.8) is 0 Å². The number of methoxy groups -OCH3 is 1. The number of para-hydroxylation sites is 1. The van der Waals surface area contributed by atoms with Crippen molar-refractivity contribution in [2.24, 2.45) is 0 Å². The van der Waals surface area contributed by atoms with E-state index in [1.807, 2.05) is 36.5 Å². The highest BCUT2D eigenvalue weighted by molar-refractivity contribution is 5.96. The molecular formula is C29H29N5O5. The highest BCUT2D eigenvalue weighted by Gasteiger charge is 2.28. The maximum atomic E-state index is 13.7. The summed E-state index contributed by atoms with van der Waals surface area (Å²) < 4.78 is 11.9. The molecule has 10 nitrogen and oxygen atoms in total. The van der Waals surface area contributed by atoms with Gasteiger partial charge in [0.15, 0.2) is 11.5 Å². The highest BCUT2D eigenvalue weighted by Crippen LogP contribution is 2.35. The molecule has 6 rings (SSSR count). The zero-order valence-corrected chi connectivity index (χ0v) is 21.5. The number of fused-ring (bicyclic) bond motifs is 2. The number of H-pyrrole nitrogens is 2. The Hall–Kier alpha value is -4.60. The molecule has 0 saturated heterocycles. The molecule has 4 heterocycles. The molecule has 1 aliphatic carbocycles. The number of benzene rings is 1. The minimum atomic E-state index is -0.946. The third kappa shape index (κ3) is 4.62. The van der Waals surface area contributed by atoms with Crippen molar-refractivity contribution in [1.82, 2.24) is 24.9 Å². The van der Waals surface area contributed by atoms with E-state index in [1.165, 1.54) is 17.7 Å². The van der Waals surface area contributed by atoms with Gasteiger partial charge in [0.1, 0.15) is 11.7 Å². The molecule has 1 atom stereocenters. The molecule has 0 bridgehead atoms. The molecular weight excluding hydrogens is 498 g/mol. The van der Waals surface area contributed by atoms with Gasteiger partial charge in [-0.2, -0.15) is 9.61 Å². The Bertz CT molecular complexity index is 1710. The van der Waals surface area contributed by atoms with Crippen LogP contribution in [-0.2, 0) is 16.0 Å². The van der Waals surface area contributed by atoms with Crippen molar-refractivity contribution in [2.45, 2.75) is 50.5 Å². The van der Waals surface area contributed by atoms with Crippen LogP contribution in [0.15, 0.2) is 64.1 Å². The quantitative estimate of drug-likeness (QED) is 0.270. The van der Waals surface area contributed by atoms with Gasteiger partial charge < -0.3 is 24.4 Å². The predicted molar refractivity (Wildman–Crippen MR) is 145 cm³/mol. The fourth-order valence-electron chi connectivity index (χ4n) is 5.63. The van der Waals surface area contributed by atoms with E-state index in [1.54, 1.807) is 12.3 Å². The van der Waals surface area contributed by atoms with Gasteiger partial charge >= 0.3 is 5.97 Å². The van der Waals surface area contributed by atoms with Crippen molar-refractivity contribution in [3.05, 3.63) is 82.1 Å². The smallest absolute Gasteiger partial charge is 0.328 e. The molecule has 3 N–H and O–H groups in total. The summed E-state index contributed by atoms with van der Waals surface area (Å²) in [5, 5.41) is 8.06. The molecule has 1 amide bonds. The maximum Gasteiger partial charge on any atom is 0.328 e. The van der Waals surface area contributed by atoms with Crippen LogP contribution in [0, 0.1) is 0 Å². The van der Waals surface area contributed by atoms with E-state index in [9.17, 15) is 14.4 Å². The number of hydrogen-bond donors (Lipinski definition) is 3. The molecule has 5 aromatic rings. The largest absolute Gasteiger partial charge is 0.467 e. The van der Waals surface area contributed by atoms with E-state index >= 15 is 0 Å². The van der Waals surface area contributed by atoms with Crippen LogP contribution in [0.5, 0.6) is 0 Å². The van der Waals surface area contributed by atoms with Crippen LogP contribution in [0.2, 0.25) is 0 Å². The van der Waals surface area contributed by atoms with E-state index in [2.05, 4.69) is 20.4 Å². The second-order valence-corrected chi connectivity index (χ2v) is 9.97. The van der Waals surface area contributed by atoms with Crippen LogP contribution in [0.3, 0.4) is 0 Å². The normalized spacial score (nSPS) is 15.0. The summed E-state index contributed by atoms with van der Waals surface area (Å²) in [4.78, 5) is 46.1. The van der Waals surface area contributed by atoms with Crippen LogP contribution < -0.4 is 10.9 Å². The first-order chi connectivity index (χ1) is 19.0. The van der Waals surface area contributed by atoms with E-state index in [0.29, 0.717) is 22.7 Å². The SMILES string of the molecule is COC(=O)[C@H](Cc1c[nH]c2ccccc12)NC(=O)c1cc2[nH]c(-c3ccco3)c(C3CCCCC3)c(=O)n2n1. The molecule has 4 aromatic heterocycles. The van der Waals surface area contributed by atoms with Crippen molar-refractivity contribution >= 4 is 28.4 Å². The summed E-state index contributed by atoms with van der Waals surface area (Å²) in [5.74, 6) is -0.520. The van der Waals surface area contributed by atoms with E-state index < -0.39 is 17.9 Å². The van der Waals surface area contributed by atoms with Gasteiger partial charge in [0.2, 0.25) is 0 Å². The monoisotopic (exact) mass is 527 g/mol. The minimum Gasteiger partial charge on any atom is -0.467 e. The highest BCUT2D eigenvalue weighted by atomic mass is 16.5. The Balaban J connectivity index is 1.34. The van der Waals surface area contributed by atoms with Gasteiger partial charge in [-0.25, -0.2) is 4.79 Å². The number of nitrogens with one attached hydrogen (secondary N) is 3. The van der Waals surface area contributed by atoms with E-state index in [0.717, 1.165) is 48.6 Å². The molecule has 200 valence electrons. The molecule has 1 aliphatic rings. The summed E-state index contributed by atoms with van der Waals surface area (Å²) in [6.45, 7) is 0. The molecule has 0 spiro atoms. The van der Waals surface area contributed by atoms with Gasteiger partial charge in [0.05, 0.1) is 19.1 Å². The third-order valence-electron chi connectivity index (χ3n) is 7.56. The Labute approximate surface area is 223 Å². The van der Waals surface area contributed by atoms with E-state index in [4.69, 9.17) is 9.15 Å². The number of ether oxygens (including phenoxy) is 1. The second-order valence-electron chi connectivity index (χ2n) is 9.97. The van der Waals surface area contributed by atoms with Crippen LogP contribution in [-0.4, -0.2) is 44.6 Å². The fourth-order valence-corrected chi connectivity index (χ4v) is 5.63. The summed E-state index contributed by atoms with van der Waals surface area (Å²) in [6.07, 6.45) is 8.69. The first-order valence-electron chi connectivity index (χ1n) is 13.2. The zero-order valence-electron chi connectivity index (χ0n) is 21.5. The lowest BCUT2D eigenvalue weighted by Gasteiger charge is -2.23. The van der Waals surface area contributed by atoms with Gasteiger partial charge in [-0.1, -0.05) is 37.5 Å². The minimum absolute atomic E-state index is 0.0161. The first kappa shape index (κ1) is 24.7. The lowest BCUT2D eigenvalue weighted by atomic mass is 9.83. The number of nitrogens with zero attached hydrogens (tertiary/aromatic N) is 2. The topological polar surface area (TPSA) is 134 Å². The molecule has 39 heavy (non-hydrogen) atoms. The summed E-state index contributed by atoms with van der Waals surface area (Å²) >= 11 is 0. The maximum absolute atomic E-state index is 13.7. The van der Waals surface area contributed by atoms with Gasteiger partial charge in [-0.15, -0.1) is 0 Å². The number of furan rings is 1. The van der Waals surface area contributed by atoms with E-state index in [-0.39, 0.29) is 23.6 Å². The molecule has 1 fully saturated rings. The summed E-state index contributed by atoms with van der Waals surface area (Å²) in [5.41, 5.74) is 3.14. The average Bonchev–Trinajstić information content (AvgIpc) is 3.73. The number of aromatic amines is 2. The third-order valence-corrected chi connectivity index (χ3v) is 7.56. The zero-order chi connectivity index (χ0) is 26.9. The first-order valence-corrected chi connectivity index (χ1v) is 13.2. The van der Waals surface area contributed by atoms with Gasteiger partial charge in [-0.3, -0.25) is 9.59 Å². The Kier molecular flexibility index (Phi) is 6.52. The fraction of sp³-hybridized carbons (Fsp3) is 0.310. The molecule has 1 saturated carbocycles. The van der Waals surface area contributed by atoms with Crippen LogP contribution >= 0.6 is 0 Å². The summed E-state index contributed by atoms with van der Waals surface area (Å²) in [7, 11) is 1.28. The number of carbonyl (C=O) groups excluding carboxylic acids is 2. The van der Waals surface area contributed by atoms with Crippen LogP contribution in [0.25, 0.3) is 28.0 Å². The predicted octanol–water partition coefficient (Wildman–Crippen LogP) is 4.33. The standard InChI is InChI=1S/C29H29N5O5/c1-38-29(37)22(14-18-16-30-20-11-6-5-10-19(18)20)31-27(35)21-15-24-32-26(23-12-7-13-39-23)25(28(36)34(24)33-21)17-8-3-2-4-9-17/h5-7,10-13,15-17,22,30,32H,2-4,8-9,14H2,1H3,(H,31,35)/t22-/m0/s1. The number of rotatable bonds is 7. The molecule has 10 heteroatoms. The molecule has 0 unspecified atom stereocenters. The van der Waals surface area contributed by atoms with Crippen molar-refractivity contribution in [3.8, 4) is 11.5 Å². The number of hydrogen-bond acceptors (Lipinski definition) is 6. The van der Waals surface area contributed by atoms with Gasteiger partial charge in [0.25, 0.3) is 11.5 Å². The van der Waals surface area contributed by atoms with Crippen molar-refractivity contribution in [2.75, 3.05) is 7.11 Å². The molecule has 0 radical (unpaired) electrons. The number of carbonyl (C=O) groups is 2. The summed E-state index contributed by atoms with van der Waals surface area (Å²) in [6, 6.07) is 11.9. The Morgan fingerprint density at radius 1 is 1.18 bits per heavy atom. The van der Waals surface area contributed by atoms with Crippen LogP contribution in [0.1, 0.15) is 59.6 Å². The number of esters is 1. The molecule has 1 aromatic carbocycles. The van der Waals surface area contributed by atoms with Gasteiger partial charge in [0, 0.05) is 35.2 Å².